The van der Waals surface area contributed by atoms with Gasteiger partial charge in [0.1, 0.15) is 33.5 Å². The second-order valence-corrected chi connectivity index (χ2v) is 19.7. The molecular formula is C70H41N3O3. The van der Waals surface area contributed by atoms with Crippen LogP contribution in [0.1, 0.15) is 22.3 Å². The van der Waals surface area contributed by atoms with Gasteiger partial charge in [0.15, 0.2) is 17.5 Å². The SMILES string of the molecule is c1ccc(C2(c3ccccc3)c3ccccc3-c3c(-c4ccc(-c5ccc6oc7cccc(-c8nc(-c9cccc%10oc%11ccccc%11c9%10)nc(-c9cccc%10oc%11ccccc%11c9%10)n8)c7c6c5)cc4)cccc32)cc1. The summed E-state index contributed by atoms with van der Waals surface area (Å²) in [7, 11) is 0. The van der Waals surface area contributed by atoms with E-state index in [1.807, 2.05) is 72.8 Å². The molecule has 6 nitrogen and oxygen atoms in total. The van der Waals surface area contributed by atoms with Gasteiger partial charge < -0.3 is 13.3 Å². The average Bonchev–Trinajstić information content (AvgIpc) is 4.39. The number of fused-ring (bicyclic) bond motifs is 12. The van der Waals surface area contributed by atoms with Crippen molar-refractivity contribution in [2.24, 2.45) is 0 Å². The fourth-order valence-corrected chi connectivity index (χ4v) is 12.4. The summed E-state index contributed by atoms with van der Waals surface area (Å²) in [5.74, 6) is 1.59. The Morgan fingerprint density at radius 3 is 1.22 bits per heavy atom. The molecule has 0 radical (unpaired) electrons. The maximum atomic E-state index is 6.66. The molecule has 0 amide bonds. The Morgan fingerprint density at radius 2 is 0.658 bits per heavy atom. The summed E-state index contributed by atoms with van der Waals surface area (Å²) in [5, 5.41) is 5.78. The van der Waals surface area contributed by atoms with Gasteiger partial charge in [-0.25, -0.2) is 15.0 Å². The number of aromatic nitrogens is 3. The van der Waals surface area contributed by atoms with Crippen molar-refractivity contribution in [3.63, 3.8) is 0 Å². The molecule has 0 saturated heterocycles. The minimum absolute atomic E-state index is 0.470. The summed E-state index contributed by atoms with van der Waals surface area (Å²) in [5.41, 5.74) is 18.9. The number of hydrogen-bond acceptors (Lipinski definition) is 6. The van der Waals surface area contributed by atoms with Gasteiger partial charge in [-0.3, -0.25) is 0 Å². The van der Waals surface area contributed by atoms with Crippen molar-refractivity contribution in [1.82, 2.24) is 15.0 Å². The van der Waals surface area contributed by atoms with Gasteiger partial charge in [-0.05, 0) is 98.1 Å². The summed E-state index contributed by atoms with van der Waals surface area (Å²) in [6, 6.07) is 87.7. The lowest BCUT2D eigenvalue weighted by molar-refractivity contribution is 0.668. The molecule has 16 rings (SSSR count). The van der Waals surface area contributed by atoms with E-state index in [1.54, 1.807) is 0 Å². The molecule has 0 saturated carbocycles. The molecule has 0 N–H and O–H groups in total. The Kier molecular flexibility index (Phi) is 9.15. The molecule has 0 unspecified atom stereocenters. The van der Waals surface area contributed by atoms with Crippen LogP contribution in [0.5, 0.6) is 0 Å². The molecule has 6 heteroatoms. The number of benzene rings is 11. The zero-order chi connectivity index (χ0) is 49.9. The minimum atomic E-state index is -0.470. The summed E-state index contributed by atoms with van der Waals surface area (Å²) in [6.45, 7) is 0. The second-order valence-electron chi connectivity index (χ2n) is 19.7. The first-order chi connectivity index (χ1) is 37.7. The van der Waals surface area contributed by atoms with Crippen LogP contribution in [0.25, 0.3) is 133 Å². The highest BCUT2D eigenvalue weighted by Gasteiger charge is 2.46. The van der Waals surface area contributed by atoms with Gasteiger partial charge in [-0.2, -0.15) is 0 Å². The van der Waals surface area contributed by atoms with Crippen molar-refractivity contribution >= 4 is 65.8 Å². The van der Waals surface area contributed by atoms with E-state index in [1.165, 1.54) is 38.9 Å². The smallest absolute Gasteiger partial charge is 0.164 e. The molecule has 0 bridgehead atoms. The van der Waals surface area contributed by atoms with Crippen molar-refractivity contribution in [3.05, 3.63) is 271 Å². The van der Waals surface area contributed by atoms with Crippen LogP contribution in [-0.4, -0.2) is 15.0 Å². The van der Waals surface area contributed by atoms with E-state index >= 15 is 0 Å². The van der Waals surface area contributed by atoms with E-state index in [0.717, 1.165) is 99.2 Å². The Morgan fingerprint density at radius 1 is 0.263 bits per heavy atom. The zero-order valence-corrected chi connectivity index (χ0v) is 40.7. The fourth-order valence-electron chi connectivity index (χ4n) is 12.4. The Bertz CT molecular complexity index is 4650. The molecule has 0 aliphatic heterocycles. The quantitative estimate of drug-likeness (QED) is 0.158. The molecule has 354 valence electrons. The third kappa shape index (κ3) is 6.19. The predicted octanol–water partition coefficient (Wildman–Crippen LogP) is 18.3. The van der Waals surface area contributed by atoms with Gasteiger partial charge in [0.05, 0.1) is 5.41 Å². The highest BCUT2D eigenvalue weighted by atomic mass is 16.3. The normalized spacial score (nSPS) is 12.8. The number of para-hydroxylation sites is 2. The lowest BCUT2D eigenvalue weighted by Crippen LogP contribution is -2.28. The van der Waals surface area contributed by atoms with E-state index in [0.29, 0.717) is 17.5 Å². The molecule has 1 aliphatic carbocycles. The van der Waals surface area contributed by atoms with Crippen LogP contribution in [0, 0.1) is 0 Å². The van der Waals surface area contributed by atoms with E-state index in [4.69, 9.17) is 28.2 Å². The monoisotopic (exact) mass is 971 g/mol. The summed E-state index contributed by atoms with van der Waals surface area (Å²) < 4.78 is 19.4. The highest BCUT2D eigenvalue weighted by molar-refractivity contribution is 6.15. The molecule has 11 aromatic carbocycles. The number of hydrogen-bond donors (Lipinski definition) is 0. The van der Waals surface area contributed by atoms with Crippen molar-refractivity contribution in [3.8, 4) is 67.5 Å². The molecule has 0 atom stereocenters. The van der Waals surface area contributed by atoms with Crippen LogP contribution < -0.4 is 0 Å². The number of rotatable bonds is 7. The molecule has 0 fully saturated rings. The van der Waals surface area contributed by atoms with Crippen LogP contribution in [0.4, 0.5) is 0 Å². The fraction of sp³-hybridized carbons (Fsp3) is 0.0143. The van der Waals surface area contributed by atoms with Gasteiger partial charge in [-0.1, -0.05) is 206 Å². The molecule has 0 spiro atoms. The summed E-state index contributed by atoms with van der Waals surface area (Å²) >= 11 is 0. The van der Waals surface area contributed by atoms with Crippen LogP contribution in [0.2, 0.25) is 0 Å². The maximum absolute atomic E-state index is 6.66. The minimum Gasteiger partial charge on any atom is -0.456 e. The van der Waals surface area contributed by atoms with E-state index in [9.17, 15) is 0 Å². The largest absolute Gasteiger partial charge is 0.456 e. The molecular weight excluding hydrogens is 931 g/mol. The summed E-state index contributed by atoms with van der Waals surface area (Å²) in [4.78, 5) is 16.1. The topological polar surface area (TPSA) is 78.1 Å². The first-order valence-corrected chi connectivity index (χ1v) is 25.7. The zero-order valence-electron chi connectivity index (χ0n) is 40.7. The van der Waals surface area contributed by atoms with E-state index in [-0.39, 0.29) is 0 Å². The summed E-state index contributed by atoms with van der Waals surface area (Å²) in [6.07, 6.45) is 0. The van der Waals surface area contributed by atoms with Gasteiger partial charge in [-0.15, -0.1) is 0 Å². The first-order valence-electron chi connectivity index (χ1n) is 25.7. The number of furan rings is 3. The Labute approximate surface area is 435 Å². The van der Waals surface area contributed by atoms with Crippen molar-refractivity contribution in [1.29, 1.82) is 0 Å². The van der Waals surface area contributed by atoms with Gasteiger partial charge in [0.25, 0.3) is 0 Å². The van der Waals surface area contributed by atoms with Crippen LogP contribution in [0.15, 0.2) is 262 Å². The maximum Gasteiger partial charge on any atom is 0.164 e. The van der Waals surface area contributed by atoms with Crippen LogP contribution in [0.3, 0.4) is 0 Å². The van der Waals surface area contributed by atoms with Crippen LogP contribution in [-0.2, 0) is 5.41 Å². The molecule has 15 aromatic rings. The van der Waals surface area contributed by atoms with Crippen molar-refractivity contribution in [2.45, 2.75) is 5.41 Å². The average molecular weight is 972 g/mol. The van der Waals surface area contributed by atoms with E-state index in [2.05, 4.69) is 176 Å². The highest BCUT2D eigenvalue weighted by Crippen LogP contribution is 2.58. The lowest BCUT2D eigenvalue weighted by atomic mass is 9.67. The standard InChI is InChI=1S/C70H41N3O3/c1-3-17-45(18-4-1)70(46-19-5-2-6-20-46)55-28-10-7-21-48(55)63-47(24-13-29-56(63)70)43-37-35-42(36-38-43)44-39-40-59-54(41-44)66-53(27-16-34-62(66)76-59)69-72-67(51-25-14-32-60-64(51)49-22-8-11-30-57(49)74-60)71-68(73-69)52-26-15-33-61-65(52)50-23-9-12-31-58(50)75-61/h1-41H. The second kappa shape index (κ2) is 16.4. The lowest BCUT2D eigenvalue weighted by Gasteiger charge is -2.34. The van der Waals surface area contributed by atoms with Crippen LogP contribution >= 0.6 is 0 Å². The Hall–Kier alpha value is -10.2. The molecule has 76 heavy (non-hydrogen) atoms. The van der Waals surface area contributed by atoms with Gasteiger partial charge >= 0.3 is 0 Å². The third-order valence-corrected chi connectivity index (χ3v) is 15.7. The van der Waals surface area contributed by atoms with Gasteiger partial charge in [0.2, 0.25) is 0 Å². The molecule has 4 aromatic heterocycles. The first kappa shape index (κ1) is 42.3. The predicted molar refractivity (Wildman–Crippen MR) is 306 cm³/mol. The molecule has 4 heterocycles. The van der Waals surface area contributed by atoms with E-state index < -0.39 is 5.41 Å². The van der Waals surface area contributed by atoms with Crippen molar-refractivity contribution < 1.29 is 13.3 Å². The Balaban J connectivity index is 0.848. The third-order valence-electron chi connectivity index (χ3n) is 15.7. The number of nitrogens with zero attached hydrogens (tertiary/aromatic N) is 3. The van der Waals surface area contributed by atoms with Crippen molar-refractivity contribution in [2.75, 3.05) is 0 Å². The molecule has 1 aliphatic rings. The van der Waals surface area contributed by atoms with Gasteiger partial charge in [0, 0.05) is 49.0 Å².